The summed E-state index contributed by atoms with van der Waals surface area (Å²) in [6.07, 6.45) is 3.11. The standard InChI is InChI=1S/C16H23ClN2O3S/c1-2-3-9-18-16(20)13-7-10-19(11-8-13)23(21,22)15-6-4-5-14(17)12-15/h4-6,12-13H,2-3,7-11H2,1H3,(H,18,20). The molecule has 0 radical (unpaired) electrons. The van der Waals surface area contributed by atoms with Crippen LogP contribution in [0.15, 0.2) is 29.2 Å². The van der Waals surface area contributed by atoms with E-state index in [0.29, 0.717) is 37.5 Å². The van der Waals surface area contributed by atoms with Crippen molar-refractivity contribution in [3.63, 3.8) is 0 Å². The Morgan fingerprint density at radius 1 is 1.35 bits per heavy atom. The van der Waals surface area contributed by atoms with Gasteiger partial charge in [-0.2, -0.15) is 4.31 Å². The van der Waals surface area contributed by atoms with Crippen molar-refractivity contribution in [3.8, 4) is 0 Å². The minimum Gasteiger partial charge on any atom is -0.356 e. The minimum absolute atomic E-state index is 0.0400. The van der Waals surface area contributed by atoms with Gasteiger partial charge in [-0.05, 0) is 37.5 Å². The van der Waals surface area contributed by atoms with Crippen LogP contribution in [0.1, 0.15) is 32.6 Å². The summed E-state index contributed by atoms with van der Waals surface area (Å²) in [5.74, 6) is -0.0593. The Kier molecular flexibility index (Phi) is 6.44. The number of benzene rings is 1. The molecule has 1 aliphatic rings. The Labute approximate surface area is 143 Å². The van der Waals surface area contributed by atoms with Crippen LogP contribution in [-0.2, 0) is 14.8 Å². The molecule has 0 bridgehead atoms. The Hall–Kier alpha value is -1.11. The summed E-state index contributed by atoms with van der Waals surface area (Å²) in [5.41, 5.74) is 0. The molecule has 0 atom stereocenters. The molecule has 1 aromatic rings. The molecular formula is C16H23ClN2O3S. The average Bonchev–Trinajstić information content (AvgIpc) is 2.55. The van der Waals surface area contributed by atoms with Crippen molar-refractivity contribution in [1.29, 1.82) is 0 Å². The van der Waals surface area contributed by atoms with Gasteiger partial charge in [0.05, 0.1) is 4.90 Å². The van der Waals surface area contributed by atoms with Crippen LogP contribution in [0.25, 0.3) is 0 Å². The van der Waals surface area contributed by atoms with Crippen molar-refractivity contribution in [3.05, 3.63) is 29.3 Å². The average molecular weight is 359 g/mol. The summed E-state index contributed by atoms with van der Waals surface area (Å²) in [6, 6.07) is 6.28. The second-order valence-electron chi connectivity index (χ2n) is 5.78. The molecule has 1 amide bonds. The van der Waals surface area contributed by atoms with Crippen molar-refractivity contribution in [2.45, 2.75) is 37.5 Å². The van der Waals surface area contributed by atoms with Crippen LogP contribution in [0.5, 0.6) is 0 Å². The molecule has 0 unspecified atom stereocenters. The van der Waals surface area contributed by atoms with E-state index in [9.17, 15) is 13.2 Å². The van der Waals surface area contributed by atoms with Crippen LogP contribution in [0.4, 0.5) is 0 Å². The van der Waals surface area contributed by atoms with Crippen molar-refractivity contribution in [1.82, 2.24) is 9.62 Å². The van der Waals surface area contributed by atoms with Crippen molar-refractivity contribution in [2.24, 2.45) is 5.92 Å². The third-order valence-electron chi connectivity index (χ3n) is 4.09. The zero-order valence-electron chi connectivity index (χ0n) is 13.3. The Morgan fingerprint density at radius 3 is 2.65 bits per heavy atom. The normalized spacial score (nSPS) is 17.1. The van der Waals surface area contributed by atoms with E-state index < -0.39 is 10.0 Å². The lowest BCUT2D eigenvalue weighted by Gasteiger charge is -2.30. The number of nitrogens with one attached hydrogen (secondary N) is 1. The Bertz CT molecular complexity index is 640. The number of piperidine rings is 1. The highest BCUT2D eigenvalue weighted by molar-refractivity contribution is 7.89. The van der Waals surface area contributed by atoms with E-state index in [1.54, 1.807) is 18.2 Å². The lowest BCUT2D eigenvalue weighted by molar-refractivity contribution is -0.126. The molecule has 5 nitrogen and oxygen atoms in total. The molecule has 0 aromatic heterocycles. The zero-order valence-corrected chi connectivity index (χ0v) is 14.9. The van der Waals surface area contributed by atoms with Gasteiger partial charge in [0, 0.05) is 30.6 Å². The number of nitrogens with zero attached hydrogens (tertiary/aromatic N) is 1. The highest BCUT2D eigenvalue weighted by Crippen LogP contribution is 2.25. The maximum Gasteiger partial charge on any atom is 0.243 e. The van der Waals surface area contributed by atoms with E-state index in [1.807, 2.05) is 0 Å². The van der Waals surface area contributed by atoms with Gasteiger partial charge in [-0.3, -0.25) is 4.79 Å². The molecule has 1 fully saturated rings. The van der Waals surface area contributed by atoms with Crippen LogP contribution in [-0.4, -0.2) is 38.3 Å². The molecule has 1 aliphatic heterocycles. The smallest absolute Gasteiger partial charge is 0.243 e. The first-order valence-electron chi connectivity index (χ1n) is 7.98. The van der Waals surface area contributed by atoms with E-state index >= 15 is 0 Å². The monoisotopic (exact) mass is 358 g/mol. The highest BCUT2D eigenvalue weighted by atomic mass is 35.5. The largest absolute Gasteiger partial charge is 0.356 e. The molecule has 23 heavy (non-hydrogen) atoms. The van der Waals surface area contributed by atoms with Gasteiger partial charge in [0.15, 0.2) is 0 Å². The highest BCUT2D eigenvalue weighted by Gasteiger charge is 2.31. The van der Waals surface area contributed by atoms with Gasteiger partial charge < -0.3 is 5.32 Å². The predicted octanol–water partition coefficient (Wildman–Crippen LogP) is 2.66. The van der Waals surface area contributed by atoms with Gasteiger partial charge >= 0.3 is 0 Å². The van der Waals surface area contributed by atoms with E-state index in [0.717, 1.165) is 12.8 Å². The van der Waals surface area contributed by atoms with Crippen LogP contribution in [0.3, 0.4) is 0 Å². The van der Waals surface area contributed by atoms with Gasteiger partial charge in [0.25, 0.3) is 0 Å². The van der Waals surface area contributed by atoms with E-state index in [4.69, 9.17) is 11.6 Å². The predicted molar refractivity (Wildman–Crippen MR) is 90.9 cm³/mol. The maximum absolute atomic E-state index is 12.6. The first-order chi connectivity index (χ1) is 10.9. The zero-order chi connectivity index (χ0) is 16.9. The Balaban J connectivity index is 1.94. The molecule has 1 heterocycles. The van der Waals surface area contributed by atoms with Gasteiger partial charge in [-0.1, -0.05) is 31.0 Å². The van der Waals surface area contributed by atoms with Crippen molar-refractivity contribution in [2.75, 3.05) is 19.6 Å². The molecule has 1 saturated heterocycles. The summed E-state index contributed by atoms with van der Waals surface area (Å²) in [4.78, 5) is 12.3. The molecule has 7 heteroatoms. The molecule has 1 aromatic carbocycles. The number of hydrogen-bond acceptors (Lipinski definition) is 3. The molecule has 0 spiro atoms. The molecule has 2 rings (SSSR count). The topological polar surface area (TPSA) is 66.5 Å². The molecular weight excluding hydrogens is 336 g/mol. The fourth-order valence-electron chi connectivity index (χ4n) is 2.67. The maximum atomic E-state index is 12.6. The fraction of sp³-hybridized carbons (Fsp3) is 0.562. The van der Waals surface area contributed by atoms with Crippen LogP contribution >= 0.6 is 11.6 Å². The number of halogens is 1. The number of hydrogen-bond donors (Lipinski definition) is 1. The van der Waals surface area contributed by atoms with Crippen molar-refractivity contribution >= 4 is 27.5 Å². The number of amides is 1. The minimum atomic E-state index is -3.54. The molecule has 128 valence electrons. The third kappa shape index (κ3) is 4.68. The second-order valence-corrected chi connectivity index (χ2v) is 8.15. The second kappa shape index (κ2) is 8.13. The summed E-state index contributed by atoms with van der Waals surface area (Å²) in [6.45, 7) is 3.49. The van der Waals surface area contributed by atoms with Gasteiger partial charge in [0.2, 0.25) is 15.9 Å². The molecule has 0 saturated carbocycles. The Morgan fingerprint density at radius 2 is 2.04 bits per heavy atom. The SMILES string of the molecule is CCCCNC(=O)C1CCN(S(=O)(=O)c2cccc(Cl)c2)CC1. The van der Waals surface area contributed by atoms with Crippen molar-refractivity contribution < 1.29 is 13.2 Å². The number of rotatable bonds is 6. The van der Waals surface area contributed by atoms with E-state index in [-0.39, 0.29) is 16.7 Å². The first-order valence-corrected chi connectivity index (χ1v) is 9.80. The van der Waals surface area contributed by atoms with Crippen LogP contribution in [0.2, 0.25) is 5.02 Å². The summed E-state index contributed by atoms with van der Waals surface area (Å²) < 4.78 is 26.6. The molecule has 1 N–H and O–H groups in total. The van der Waals surface area contributed by atoms with Crippen LogP contribution < -0.4 is 5.32 Å². The van der Waals surface area contributed by atoms with Gasteiger partial charge in [-0.15, -0.1) is 0 Å². The first kappa shape index (κ1) is 18.2. The number of carbonyl (C=O) groups is 1. The van der Waals surface area contributed by atoms with Crippen LogP contribution in [0, 0.1) is 5.92 Å². The van der Waals surface area contributed by atoms with Gasteiger partial charge in [-0.25, -0.2) is 8.42 Å². The van der Waals surface area contributed by atoms with E-state index in [2.05, 4.69) is 12.2 Å². The molecule has 0 aliphatic carbocycles. The number of unbranched alkanes of at least 4 members (excludes halogenated alkanes) is 1. The summed E-state index contributed by atoms with van der Waals surface area (Å²) >= 11 is 5.88. The number of sulfonamides is 1. The number of carbonyl (C=O) groups excluding carboxylic acids is 1. The van der Waals surface area contributed by atoms with Gasteiger partial charge in [0.1, 0.15) is 0 Å². The van der Waals surface area contributed by atoms with E-state index in [1.165, 1.54) is 10.4 Å². The third-order valence-corrected chi connectivity index (χ3v) is 6.22. The lowest BCUT2D eigenvalue weighted by atomic mass is 9.97. The summed E-state index contributed by atoms with van der Waals surface area (Å²) in [7, 11) is -3.54. The lowest BCUT2D eigenvalue weighted by Crippen LogP contribution is -2.43. The summed E-state index contributed by atoms with van der Waals surface area (Å²) in [5, 5.41) is 3.32. The fourth-order valence-corrected chi connectivity index (χ4v) is 4.44. The quantitative estimate of drug-likeness (QED) is 0.795.